The third-order valence-electron chi connectivity index (χ3n) is 4.38. The van der Waals surface area contributed by atoms with Gasteiger partial charge in [0.15, 0.2) is 6.61 Å². The summed E-state index contributed by atoms with van der Waals surface area (Å²) in [5.41, 5.74) is 8.65. The van der Waals surface area contributed by atoms with Gasteiger partial charge in [0.1, 0.15) is 11.4 Å². The molecule has 0 radical (unpaired) electrons. The lowest BCUT2D eigenvalue weighted by Gasteiger charge is -2.10. The fraction of sp³-hybridized carbons (Fsp3) is 0.0952. The lowest BCUT2D eigenvalue weighted by molar-refractivity contribution is -0.153. The van der Waals surface area contributed by atoms with Crippen molar-refractivity contribution in [1.29, 1.82) is 0 Å². The van der Waals surface area contributed by atoms with Gasteiger partial charge in [-0.25, -0.2) is 4.98 Å². The molecule has 1 aromatic carbocycles. The molecular formula is C21H15F3N4O2. The first kappa shape index (κ1) is 19.4. The lowest BCUT2D eigenvalue weighted by atomic mass is 10.0. The Labute approximate surface area is 168 Å². The van der Waals surface area contributed by atoms with Gasteiger partial charge in [-0.15, -0.1) is 0 Å². The molecule has 0 aliphatic carbocycles. The number of carbonyl (C=O) groups is 1. The Morgan fingerprint density at radius 1 is 1.13 bits per heavy atom. The zero-order valence-corrected chi connectivity index (χ0v) is 15.4. The number of pyridine rings is 2. The number of amides is 1. The summed E-state index contributed by atoms with van der Waals surface area (Å²) < 4.78 is 42.0. The van der Waals surface area contributed by atoms with E-state index in [4.69, 9.17) is 10.5 Å². The van der Waals surface area contributed by atoms with Crippen LogP contribution in [-0.2, 0) is 4.79 Å². The molecule has 0 saturated heterocycles. The Kier molecular flexibility index (Phi) is 4.86. The van der Waals surface area contributed by atoms with Crippen molar-refractivity contribution in [3.05, 3.63) is 60.6 Å². The smallest absolute Gasteiger partial charge is 0.422 e. The average Bonchev–Trinajstić information content (AvgIpc) is 3.12. The number of hydrogen-bond donors (Lipinski definition) is 2. The van der Waals surface area contributed by atoms with Crippen LogP contribution in [0.15, 0.2) is 55.0 Å². The van der Waals surface area contributed by atoms with E-state index in [-0.39, 0.29) is 5.75 Å². The van der Waals surface area contributed by atoms with Crippen molar-refractivity contribution < 1.29 is 22.7 Å². The van der Waals surface area contributed by atoms with Crippen molar-refractivity contribution in [1.82, 2.24) is 15.0 Å². The molecule has 0 saturated carbocycles. The topological polar surface area (TPSA) is 93.9 Å². The molecule has 3 heterocycles. The summed E-state index contributed by atoms with van der Waals surface area (Å²) in [6.07, 6.45) is 3.47. The third kappa shape index (κ3) is 4.24. The van der Waals surface area contributed by atoms with Crippen LogP contribution < -0.4 is 10.5 Å². The number of nitrogens with one attached hydrogen (secondary N) is 1. The quantitative estimate of drug-likeness (QED) is 0.480. The van der Waals surface area contributed by atoms with Crippen LogP contribution in [0.3, 0.4) is 0 Å². The molecule has 9 heteroatoms. The van der Waals surface area contributed by atoms with E-state index in [1.54, 1.807) is 36.8 Å². The molecule has 0 aliphatic rings. The van der Waals surface area contributed by atoms with E-state index in [1.807, 2.05) is 6.07 Å². The number of aromatic amines is 1. The van der Waals surface area contributed by atoms with Gasteiger partial charge >= 0.3 is 6.18 Å². The molecule has 152 valence electrons. The van der Waals surface area contributed by atoms with Gasteiger partial charge in [0.05, 0.1) is 5.52 Å². The Balaban J connectivity index is 1.70. The SMILES string of the molecule is NC(=O)C=Cc1c[nH]c2ncc(-c3cnc4ccc(OCC(F)(F)F)cc4c3)cc12. The van der Waals surface area contributed by atoms with Crippen LogP contribution in [0.5, 0.6) is 5.75 Å². The van der Waals surface area contributed by atoms with Crippen molar-refractivity contribution >= 4 is 33.9 Å². The maximum absolute atomic E-state index is 12.4. The minimum atomic E-state index is -4.41. The molecule has 3 N–H and O–H groups in total. The summed E-state index contributed by atoms with van der Waals surface area (Å²) in [6.45, 7) is -1.36. The highest BCUT2D eigenvalue weighted by Crippen LogP contribution is 2.29. The van der Waals surface area contributed by atoms with E-state index in [2.05, 4.69) is 15.0 Å². The number of H-pyrrole nitrogens is 1. The largest absolute Gasteiger partial charge is 0.484 e. The standard InChI is InChI=1S/C21H15F3N4O2/c22-21(23,24)11-30-16-2-3-18-13(6-16)5-14(9-26-18)15-7-17-12(1-4-19(25)29)8-27-20(17)28-10-15/h1-10H,11H2,(H2,25,29)(H,27,28). The number of primary amides is 1. The second kappa shape index (κ2) is 7.51. The Bertz CT molecular complexity index is 1280. The van der Waals surface area contributed by atoms with Crippen LogP contribution in [0, 0.1) is 0 Å². The number of hydrogen-bond acceptors (Lipinski definition) is 4. The van der Waals surface area contributed by atoms with Crippen LogP contribution in [0.1, 0.15) is 5.56 Å². The van der Waals surface area contributed by atoms with Crippen LogP contribution in [0.4, 0.5) is 13.2 Å². The third-order valence-corrected chi connectivity index (χ3v) is 4.38. The van der Waals surface area contributed by atoms with E-state index in [0.29, 0.717) is 16.6 Å². The molecule has 0 atom stereocenters. The molecule has 0 fully saturated rings. The minimum absolute atomic E-state index is 0.108. The monoisotopic (exact) mass is 412 g/mol. The van der Waals surface area contributed by atoms with Gasteiger partial charge in [-0.1, -0.05) is 0 Å². The zero-order valence-electron chi connectivity index (χ0n) is 15.4. The maximum atomic E-state index is 12.4. The highest BCUT2D eigenvalue weighted by molar-refractivity contribution is 5.96. The fourth-order valence-corrected chi connectivity index (χ4v) is 3.01. The summed E-state index contributed by atoms with van der Waals surface area (Å²) in [4.78, 5) is 22.8. The summed E-state index contributed by atoms with van der Waals surface area (Å²) in [7, 11) is 0. The summed E-state index contributed by atoms with van der Waals surface area (Å²) in [6, 6.07) is 8.25. The van der Waals surface area contributed by atoms with Gasteiger partial charge in [-0.05, 0) is 36.4 Å². The Morgan fingerprint density at radius 3 is 2.67 bits per heavy atom. The molecular weight excluding hydrogens is 397 g/mol. The van der Waals surface area contributed by atoms with Crippen molar-refractivity contribution in [2.45, 2.75) is 6.18 Å². The summed E-state index contributed by atoms with van der Waals surface area (Å²) in [5, 5.41) is 1.42. The number of fused-ring (bicyclic) bond motifs is 2. The van der Waals surface area contributed by atoms with Gasteiger partial charge in [0.2, 0.25) is 5.91 Å². The molecule has 3 aromatic heterocycles. The maximum Gasteiger partial charge on any atom is 0.422 e. The number of nitrogens with zero attached hydrogens (tertiary/aromatic N) is 2. The van der Waals surface area contributed by atoms with Gasteiger partial charge in [-0.3, -0.25) is 9.78 Å². The van der Waals surface area contributed by atoms with E-state index in [0.717, 1.165) is 22.1 Å². The van der Waals surface area contributed by atoms with Crippen molar-refractivity contribution in [2.24, 2.45) is 5.73 Å². The van der Waals surface area contributed by atoms with Crippen molar-refractivity contribution in [2.75, 3.05) is 6.61 Å². The van der Waals surface area contributed by atoms with E-state index >= 15 is 0 Å². The number of aromatic nitrogens is 3. The Morgan fingerprint density at radius 2 is 1.90 bits per heavy atom. The summed E-state index contributed by atoms with van der Waals surface area (Å²) >= 11 is 0. The van der Waals surface area contributed by atoms with E-state index < -0.39 is 18.7 Å². The first-order chi connectivity index (χ1) is 14.3. The molecule has 4 aromatic rings. The number of benzene rings is 1. The summed E-state index contributed by atoms with van der Waals surface area (Å²) in [5.74, 6) is -0.451. The molecule has 0 spiro atoms. The molecule has 4 rings (SSSR count). The molecule has 30 heavy (non-hydrogen) atoms. The number of nitrogens with two attached hydrogens (primary N) is 1. The van der Waals surface area contributed by atoms with E-state index in [1.165, 1.54) is 18.2 Å². The fourth-order valence-electron chi connectivity index (χ4n) is 3.01. The Hall–Kier alpha value is -3.88. The highest BCUT2D eigenvalue weighted by atomic mass is 19.4. The normalized spacial score (nSPS) is 12.1. The van der Waals surface area contributed by atoms with Gasteiger partial charge in [0.25, 0.3) is 0 Å². The van der Waals surface area contributed by atoms with Crippen LogP contribution in [-0.4, -0.2) is 33.6 Å². The molecule has 0 unspecified atom stereocenters. The molecule has 1 amide bonds. The number of alkyl halides is 3. The zero-order chi connectivity index (χ0) is 21.3. The second-order valence-electron chi connectivity index (χ2n) is 6.58. The van der Waals surface area contributed by atoms with E-state index in [9.17, 15) is 18.0 Å². The molecule has 0 aliphatic heterocycles. The predicted octanol–water partition coefficient (Wildman–Crippen LogP) is 4.22. The predicted molar refractivity (Wildman–Crippen MR) is 107 cm³/mol. The van der Waals surface area contributed by atoms with Crippen LogP contribution in [0.2, 0.25) is 0 Å². The van der Waals surface area contributed by atoms with Crippen molar-refractivity contribution in [3.63, 3.8) is 0 Å². The number of ether oxygens (including phenoxy) is 1. The van der Waals surface area contributed by atoms with Gasteiger partial charge in [0, 0.05) is 52.1 Å². The average molecular weight is 412 g/mol. The highest BCUT2D eigenvalue weighted by Gasteiger charge is 2.28. The van der Waals surface area contributed by atoms with Gasteiger partial charge < -0.3 is 15.5 Å². The minimum Gasteiger partial charge on any atom is -0.484 e. The number of rotatable bonds is 5. The van der Waals surface area contributed by atoms with Crippen LogP contribution >= 0.6 is 0 Å². The number of carbonyl (C=O) groups excluding carboxylic acids is 1. The van der Waals surface area contributed by atoms with Crippen LogP contribution in [0.25, 0.3) is 39.1 Å². The van der Waals surface area contributed by atoms with Crippen molar-refractivity contribution in [3.8, 4) is 16.9 Å². The molecule has 6 nitrogen and oxygen atoms in total. The first-order valence-electron chi connectivity index (χ1n) is 8.83. The van der Waals surface area contributed by atoms with Gasteiger partial charge in [-0.2, -0.15) is 13.2 Å². The number of halogens is 3. The second-order valence-corrected chi connectivity index (χ2v) is 6.58. The molecule has 0 bridgehead atoms. The first-order valence-corrected chi connectivity index (χ1v) is 8.83. The lowest BCUT2D eigenvalue weighted by Crippen LogP contribution is -2.19.